The Morgan fingerprint density at radius 3 is 2.44 bits per heavy atom. The molecule has 1 heterocycles. The van der Waals surface area contributed by atoms with Crippen molar-refractivity contribution in [1.82, 2.24) is 15.1 Å². The fraction of sp³-hybridized carbons (Fsp3) is 0.440. The lowest BCUT2D eigenvalue weighted by Gasteiger charge is -2.38. The summed E-state index contributed by atoms with van der Waals surface area (Å²) in [6.45, 7) is 1.05. The van der Waals surface area contributed by atoms with Crippen LogP contribution < -0.4 is 14.8 Å². The number of fused-ring (bicyclic) bond motifs is 1. The summed E-state index contributed by atoms with van der Waals surface area (Å²) in [5.41, 5.74) is 3.42. The topological polar surface area (TPSA) is 71.1 Å². The van der Waals surface area contributed by atoms with E-state index in [9.17, 15) is 9.59 Å². The maximum Gasteiger partial charge on any atom is 0.239 e. The van der Waals surface area contributed by atoms with E-state index in [0.29, 0.717) is 17.5 Å². The van der Waals surface area contributed by atoms with Gasteiger partial charge in [-0.1, -0.05) is 30.3 Å². The molecular formula is C25H31N3O4. The number of hydrogen-bond donors (Lipinski definition) is 1. The Morgan fingerprint density at radius 1 is 1.09 bits per heavy atom. The van der Waals surface area contributed by atoms with Gasteiger partial charge in [0, 0.05) is 19.6 Å². The number of nitrogens with zero attached hydrogens (tertiary/aromatic N) is 2. The van der Waals surface area contributed by atoms with Crippen LogP contribution in [0, 0.1) is 0 Å². The van der Waals surface area contributed by atoms with E-state index in [0.717, 1.165) is 36.9 Å². The number of carbonyl (C=O) groups is 2. The molecule has 1 aliphatic carbocycles. The number of benzene rings is 2. The van der Waals surface area contributed by atoms with Crippen molar-refractivity contribution in [3.8, 4) is 11.5 Å². The molecule has 4 rings (SSSR count). The molecule has 2 amide bonds. The molecule has 0 aromatic heterocycles. The molecule has 1 atom stereocenters. The number of methoxy groups -OCH3 is 2. The number of nitrogens with one attached hydrogen (secondary N) is 1. The predicted molar refractivity (Wildman–Crippen MR) is 122 cm³/mol. The molecule has 1 aliphatic heterocycles. The van der Waals surface area contributed by atoms with Gasteiger partial charge in [-0.25, -0.2) is 0 Å². The minimum atomic E-state index is -0.0937. The molecule has 0 unspecified atom stereocenters. The van der Waals surface area contributed by atoms with Crippen LogP contribution in [0.25, 0.3) is 0 Å². The van der Waals surface area contributed by atoms with Gasteiger partial charge >= 0.3 is 0 Å². The molecule has 2 aromatic rings. The van der Waals surface area contributed by atoms with E-state index in [-0.39, 0.29) is 30.9 Å². The Balaban J connectivity index is 1.57. The van der Waals surface area contributed by atoms with E-state index < -0.39 is 0 Å². The van der Waals surface area contributed by atoms with E-state index in [1.54, 1.807) is 21.3 Å². The normalized spacial score (nSPS) is 17.9. The summed E-state index contributed by atoms with van der Waals surface area (Å²) in [5, 5.41) is 2.94. The molecule has 1 N–H and O–H groups in total. The van der Waals surface area contributed by atoms with Crippen LogP contribution in [0.15, 0.2) is 42.5 Å². The first-order chi connectivity index (χ1) is 15.5. The van der Waals surface area contributed by atoms with E-state index in [1.807, 2.05) is 30.3 Å². The first kappa shape index (κ1) is 22.1. The Bertz CT molecular complexity index is 975. The van der Waals surface area contributed by atoms with Crippen molar-refractivity contribution in [3.63, 3.8) is 0 Å². The summed E-state index contributed by atoms with van der Waals surface area (Å²) in [7, 11) is 4.97. The average Bonchev–Trinajstić information content (AvgIpc) is 3.62. The molecule has 7 nitrogen and oxygen atoms in total. The van der Waals surface area contributed by atoms with Gasteiger partial charge in [0.1, 0.15) is 0 Å². The molecule has 170 valence electrons. The second-order valence-electron chi connectivity index (χ2n) is 8.53. The van der Waals surface area contributed by atoms with Crippen molar-refractivity contribution in [3.05, 3.63) is 59.2 Å². The van der Waals surface area contributed by atoms with Crippen molar-refractivity contribution in [2.24, 2.45) is 0 Å². The number of amides is 2. The van der Waals surface area contributed by atoms with Gasteiger partial charge in [0.15, 0.2) is 11.5 Å². The highest BCUT2D eigenvalue weighted by molar-refractivity contribution is 5.85. The van der Waals surface area contributed by atoms with E-state index in [4.69, 9.17) is 9.47 Å². The third kappa shape index (κ3) is 4.88. The number of rotatable bonds is 8. The van der Waals surface area contributed by atoms with Crippen molar-refractivity contribution in [2.75, 3.05) is 40.9 Å². The number of likely N-dealkylation sites (N-methyl/N-ethyl adjacent to an activating group) is 1. The summed E-state index contributed by atoms with van der Waals surface area (Å²) < 4.78 is 11.1. The van der Waals surface area contributed by atoms with Gasteiger partial charge in [0.05, 0.1) is 33.4 Å². The van der Waals surface area contributed by atoms with Gasteiger partial charge in [0.25, 0.3) is 0 Å². The van der Waals surface area contributed by atoms with Gasteiger partial charge in [-0.3, -0.25) is 14.5 Å². The van der Waals surface area contributed by atoms with Crippen molar-refractivity contribution in [2.45, 2.75) is 31.3 Å². The molecule has 32 heavy (non-hydrogen) atoms. The quantitative estimate of drug-likeness (QED) is 0.687. The standard InChI is InChI=1S/C25H31N3O4/c1-27(15-23(29)26-19-9-10-19)24(30)16-28-12-11-18-13-21(31-2)22(32-3)14-20(18)25(28)17-7-5-4-6-8-17/h4-8,13-14,19,25H,9-12,15-16H2,1-3H3,(H,26,29)/t25-/m1/s1. The lowest BCUT2D eigenvalue weighted by atomic mass is 9.87. The van der Waals surface area contributed by atoms with Crippen LogP contribution in [-0.4, -0.2) is 68.6 Å². The fourth-order valence-corrected chi connectivity index (χ4v) is 4.29. The van der Waals surface area contributed by atoms with Crippen molar-refractivity contribution in [1.29, 1.82) is 0 Å². The third-order valence-corrected chi connectivity index (χ3v) is 6.18. The maximum absolute atomic E-state index is 13.0. The largest absolute Gasteiger partial charge is 0.493 e. The number of carbonyl (C=O) groups excluding carboxylic acids is 2. The summed E-state index contributed by atoms with van der Waals surface area (Å²) in [4.78, 5) is 28.9. The number of hydrogen-bond acceptors (Lipinski definition) is 5. The Labute approximate surface area is 189 Å². The van der Waals surface area contributed by atoms with E-state index >= 15 is 0 Å². The van der Waals surface area contributed by atoms with Crippen LogP contribution in [0.5, 0.6) is 11.5 Å². The fourth-order valence-electron chi connectivity index (χ4n) is 4.29. The van der Waals surface area contributed by atoms with Gasteiger partial charge in [-0.15, -0.1) is 0 Å². The molecule has 0 radical (unpaired) electrons. The van der Waals surface area contributed by atoms with E-state index in [1.165, 1.54) is 10.5 Å². The smallest absolute Gasteiger partial charge is 0.239 e. The monoisotopic (exact) mass is 437 g/mol. The van der Waals surface area contributed by atoms with Crippen LogP contribution in [-0.2, 0) is 16.0 Å². The van der Waals surface area contributed by atoms with Crippen LogP contribution in [0.1, 0.15) is 35.6 Å². The van der Waals surface area contributed by atoms with Crippen LogP contribution >= 0.6 is 0 Å². The molecule has 7 heteroatoms. The summed E-state index contributed by atoms with van der Waals surface area (Å²) >= 11 is 0. The molecule has 2 aliphatic rings. The predicted octanol–water partition coefficient (Wildman–Crippen LogP) is 2.39. The van der Waals surface area contributed by atoms with Crippen LogP contribution in [0.3, 0.4) is 0 Å². The molecule has 2 aromatic carbocycles. The molecule has 1 fully saturated rings. The molecule has 0 spiro atoms. The number of ether oxygens (including phenoxy) is 2. The Hall–Kier alpha value is -3.06. The summed E-state index contributed by atoms with van der Waals surface area (Å²) in [6.07, 6.45) is 2.87. The minimum Gasteiger partial charge on any atom is -0.493 e. The molecule has 0 saturated heterocycles. The first-order valence-electron chi connectivity index (χ1n) is 11.1. The highest BCUT2D eigenvalue weighted by Crippen LogP contribution is 2.40. The van der Waals surface area contributed by atoms with Crippen molar-refractivity contribution < 1.29 is 19.1 Å². The molecule has 0 bridgehead atoms. The van der Waals surface area contributed by atoms with Gasteiger partial charge < -0.3 is 19.7 Å². The highest BCUT2D eigenvalue weighted by Gasteiger charge is 2.32. The Morgan fingerprint density at radius 2 is 1.78 bits per heavy atom. The first-order valence-corrected chi connectivity index (χ1v) is 11.1. The van der Waals surface area contributed by atoms with Gasteiger partial charge in [-0.2, -0.15) is 0 Å². The molecule has 1 saturated carbocycles. The second-order valence-corrected chi connectivity index (χ2v) is 8.53. The van der Waals surface area contributed by atoms with E-state index in [2.05, 4.69) is 22.3 Å². The SMILES string of the molecule is COc1cc2c(cc1OC)[C@@H](c1ccccc1)N(CC(=O)N(C)CC(=O)NC1CC1)CC2. The minimum absolute atomic E-state index is 0.0687. The van der Waals surface area contributed by atoms with Crippen LogP contribution in [0.2, 0.25) is 0 Å². The molecular weight excluding hydrogens is 406 g/mol. The highest BCUT2D eigenvalue weighted by atomic mass is 16.5. The van der Waals surface area contributed by atoms with Crippen molar-refractivity contribution >= 4 is 11.8 Å². The Kier molecular flexibility index (Phi) is 6.65. The second kappa shape index (κ2) is 9.61. The zero-order chi connectivity index (χ0) is 22.7. The summed E-state index contributed by atoms with van der Waals surface area (Å²) in [5.74, 6) is 1.22. The zero-order valence-corrected chi connectivity index (χ0v) is 19.0. The average molecular weight is 438 g/mol. The van der Waals surface area contributed by atoms with Gasteiger partial charge in [-0.05, 0) is 48.1 Å². The third-order valence-electron chi connectivity index (χ3n) is 6.18. The maximum atomic E-state index is 13.0. The lowest BCUT2D eigenvalue weighted by molar-refractivity contribution is -0.136. The summed E-state index contributed by atoms with van der Waals surface area (Å²) in [6, 6.07) is 14.5. The van der Waals surface area contributed by atoms with Gasteiger partial charge in [0.2, 0.25) is 11.8 Å². The zero-order valence-electron chi connectivity index (χ0n) is 19.0. The lowest BCUT2D eigenvalue weighted by Crippen LogP contribution is -2.46. The van der Waals surface area contributed by atoms with Crippen LogP contribution in [0.4, 0.5) is 0 Å².